The van der Waals surface area contributed by atoms with Gasteiger partial charge in [-0.15, -0.1) is 0 Å². The van der Waals surface area contributed by atoms with E-state index in [1.165, 1.54) is 0 Å². The minimum absolute atomic E-state index is 0.143. The molecule has 2 aromatic heterocycles. The third-order valence-electron chi connectivity index (χ3n) is 4.89. The van der Waals surface area contributed by atoms with Crippen molar-refractivity contribution in [3.8, 4) is 0 Å². The van der Waals surface area contributed by atoms with Crippen LogP contribution in [-0.2, 0) is 17.8 Å². The van der Waals surface area contributed by atoms with E-state index in [0.717, 1.165) is 5.56 Å². The first kappa shape index (κ1) is 20.9. The molecule has 32 heavy (non-hydrogen) atoms. The number of carbonyl (C=O) groups excluding carboxylic acids is 2. The van der Waals surface area contributed by atoms with Crippen LogP contribution in [0.5, 0.6) is 0 Å². The molecule has 2 heterocycles. The van der Waals surface area contributed by atoms with Gasteiger partial charge in [-0.05, 0) is 42.0 Å². The number of nitrogens with zero attached hydrogens (tertiary/aromatic N) is 2. The highest BCUT2D eigenvalue weighted by atomic mass is 16.2. The molecule has 8 nitrogen and oxygen atoms in total. The average Bonchev–Trinajstić information content (AvgIpc) is 2.83. The zero-order valence-corrected chi connectivity index (χ0v) is 17.2. The van der Waals surface area contributed by atoms with Crippen molar-refractivity contribution in [2.45, 2.75) is 19.4 Å². The van der Waals surface area contributed by atoms with Crippen LogP contribution < -0.4 is 16.2 Å². The van der Waals surface area contributed by atoms with Gasteiger partial charge in [-0.25, -0.2) is 4.98 Å². The number of benzene rings is 2. The van der Waals surface area contributed by atoms with Crippen molar-refractivity contribution >= 4 is 28.4 Å². The number of nitrogens with one attached hydrogen (secondary N) is 3. The summed E-state index contributed by atoms with van der Waals surface area (Å²) in [4.78, 5) is 47.5. The lowest BCUT2D eigenvalue weighted by Gasteiger charge is -2.08. The smallest absolute Gasteiger partial charge is 0.258 e. The molecule has 4 aromatic rings. The highest BCUT2D eigenvalue weighted by Gasteiger charge is 2.08. The Morgan fingerprint density at radius 3 is 2.47 bits per heavy atom. The summed E-state index contributed by atoms with van der Waals surface area (Å²) in [5.74, 6) is 0.128. The SMILES string of the molecule is O=C(CCc1nc2ccccc2c(=O)[nH]1)NCc1ccc(NC(=O)c2ccncc2)cc1. The Morgan fingerprint density at radius 1 is 0.938 bits per heavy atom. The molecule has 0 saturated carbocycles. The van der Waals surface area contributed by atoms with Gasteiger partial charge in [0.05, 0.1) is 10.9 Å². The Balaban J connectivity index is 1.27. The Labute approximate surface area is 183 Å². The second-order valence-corrected chi connectivity index (χ2v) is 7.19. The lowest BCUT2D eigenvalue weighted by Crippen LogP contribution is -2.23. The number of pyridine rings is 1. The summed E-state index contributed by atoms with van der Waals surface area (Å²) in [5, 5.41) is 6.20. The van der Waals surface area contributed by atoms with Crippen LogP contribution >= 0.6 is 0 Å². The van der Waals surface area contributed by atoms with Gasteiger partial charge in [0.1, 0.15) is 5.82 Å². The first-order valence-electron chi connectivity index (χ1n) is 10.1. The Bertz CT molecular complexity index is 1300. The summed E-state index contributed by atoms with van der Waals surface area (Å²) in [6.07, 6.45) is 3.68. The van der Waals surface area contributed by atoms with E-state index in [1.807, 2.05) is 18.2 Å². The highest BCUT2D eigenvalue weighted by Crippen LogP contribution is 2.12. The molecule has 0 bridgehead atoms. The Morgan fingerprint density at radius 2 is 1.69 bits per heavy atom. The number of carbonyl (C=O) groups is 2. The number of aromatic nitrogens is 3. The monoisotopic (exact) mass is 427 g/mol. The van der Waals surface area contributed by atoms with E-state index in [4.69, 9.17) is 0 Å². The van der Waals surface area contributed by atoms with E-state index in [0.29, 0.717) is 40.9 Å². The lowest BCUT2D eigenvalue weighted by molar-refractivity contribution is -0.121. The van der Waals surface area contributed by atoms with Gasteiger partial charge in [0.15, 0.2) is 0 Å². The van der Waals surface area contributed by atoms with Crippen molar-refractivity contribution < 1.29 is 9.59 Å². The van der Waals surface area contributed by atoms with Gasteiger partial charge in [0.25, 0.3) is 11.5 Å². The third kappa shape index (κ3) is 5.23. The summed E-state index contributed by atoms with van der Waals surface area (Å²) in [5.41, 5.74) is 2.49. The predicted octanol–water partition coefficient (Wildman–Crippen LogP) is 2.82. The fourth-order valence-corrected chi connectivity index (χ4v) is 3.19. The van der Waals surface area contributed by atoms with E-state index in [1.54, 1.807) is 54.9 Å². The molecule has 2 aromatic carbocycles. The summed E-state index contributed by atoms with van der Waals surface area (Å²) < 4.78 is 0. The number of aryl methyl sites for hydroxylation is 1. The number of anilines is 1. The molecule has 0 aliphatic rings. The van der Waals surface area contributed by atoms with Crippen LogP contribution in [0.1, 0.15) is 28.2 Å². The standard InChI is InChI=1S/C24H21N5O3/c30-22(10-9-21-28-20-4-2-1-3-19(20)24(32)29-21)26-15-16-5-7-18(8-6-16)27-23(31)17-11-13-25-14-12-17/h1-8,11-14H,9-10,15H2,(H,26,30)(H,27,31)(H,28,29,32). The molecular weight excluding hydrogens is 406 g/mol. The Hall–Kier alpha value is -4.33. The van der Waals surface area contributed by atoms with Crippen LogP contribution in [0.4, 0.5) is 5.69 Å². The van der Waals surface area contributed by atoms with Crippen molar-refractivity contribution in [3.63, 3.8) is 0 Å². The molecule has 160 valence electrons. The largest absolute Gasteiger partial charge is 0.352 e. The summed E-state index contributed by atoms with van der Waals surface area (Å²) in [6.45, 7) is 0.360. The van der Waals surface area contributed by atoms with Crippen molar-refractivity contribution in [1.29, 1.82) is 0 Å². The van der Waals surface area contributed by atoms with Gasteiger partial charge in [-0.1, -0.05) is 24.3 Å². The molecule has 3 N–H and O–H groups in total. The van der Waals surface area contributed by atoms with Gasteiger partial charge in [0.2, 0.25) is 5.91 Å². The molecule has 0 aliphatic carbocycles. The number of amides is 2. The number of para-hydroxylation sites is 1. The molecule has 0 fully saturated rings. The molecule has 0 unspecified atom stereocenters. The topological polar surface area (TPSA) is 117 Å². The summed E-state index contributed by atoms with van der Waals surface area (Å²) in [7, 11) is 0. The zero-order valence-electron chi connectivity index (χ0n) is 17.2. The van der Waals surface area contributed by atoms with Gasteiger partial charge < -0.3 is 15.6 Å². The van der Waals surface area contributed by atoms with Crippen LogP contribution in [0.15, 0.2) is 77.9 Å². The number of hydrogen-bond acceptors (Lipinski definition) is 5. The average molecular weight is 427 g/mol. The minimum Gasteiger partial charge on any atom is -0.352 e. The van der Waals surface area contributed by atoms with Crippen LogP contribution in [0.3, 0.4) is 0 Å². The normalized spacial score (nSPS) is 10.6. The predicted molar refractivity (Wildman–Crippen MR) is 121 cm³/mol. The zero-order chi connectivity index (χ0) is 22.3. The molecule has 0 atom stereocenters. The van der Waals surface area contributed by atoms with Gasteiger partial charge in [-0.3, -0.25) is 19.4 Å². The quantitative estimate of drug-likeness (QED) is 0.419. The summed E-state index contributed by atoms with van der Waals surface area (Å²) in [6, 6.07) is 17.6. The van der Waals surface area contributed by atoms with E-state index in [-0.39, 0.29) is 23.8 Å². The van der Waals surface area contributed by atoms with Crippen LogP contribution in [-0.4, -0.2) is 26.8 Å². The third-order valence-corrected chi connectivity index (χ3v) is 4.89. The number of hydrogen-bond donors (Lipinski definition) is 3. The molecule has 0 aliphatic heterocycles. The highest BCUT2D eigenvalue weighted by molar-refractivity contribution is 6.04. The maximum absolute atomic E-state index is 12.2. The van der Waals surface area contributed by atoms with E-state index in [9.17, 15) is 14.4 Å². The number of aromatic amines is 1. The van der Waals surface area contributed by atoms with Gasteiger partial charge in [0, 0.05) is 43.0 Å². The maximum atomic E-state index is 12.2. The van der Waals surface area contributed by atoms with Crippen molar-refractivity contribution in [3.05, 3.63) is 100 Å². The first-order chi connectivity index (χ1) is 15.6. The Kier molecular flexibility index (Phi) is 6.31. The molecule has 0 radical (unpaired) electrons. The molecule has 8 heteroatoms. The van der Waals surface area contributed by atoms with Crippen molar-refractivity contribution in [2.75, 3.05) is 5.32 Å². The van der Waals surface area contributed by atoms with Gasteiger partial charge >= 0.3 is 0 Å². The molecule has 2 amide bonds. The lowest BCUT2D eigenvalue weighted by atomic mass is 10.2. The molecule has 4 rings (SSSR count). The van der Waals surface area contributed by atoms with Crippen molar-refractivity contribution in [1.82, 2.24) is 20.3 Å². The second-order valence-electron chi connectivity index (χ2n) is 7.19. The molecule has 0 saturated heterocycles. The number of fused-ring (bicyclic) bond motifs is 1. The van der Waals surface area contributed by atoms with Gasteiger partial charge in [-0.2, -0.15) is 0 Å². The van der Waals surface area contributed by atoms with Crippen LogP contribution in [0, 0.1) is 0 Å². The van der Waals surface area contributed by atoms with E-state index >= 15 is 0 Å². The first-order valence-corrected chi connectivity index (χ1v) is 10.1. The summed E-state index contributed by atoms with van der Waals surface area (Å²) >= 11 is 0. The fourth-order valence-electron chi connectivity index (χ4n) is 3.19. The van der Waals surface area contributed by atoms with Crippen LogP contribution in [0.25, 0.3) is 10.9 Å². The number of rotatable bonds is 7. The molecule has 0 spiro atoms. The second kappa shape index (κ2) is 9.65. The van der Waals surface area contributed by atoms with Crippen LogP contribution in [0.2, 0.25) is 0 Å². The number of H-pyrrole nitrogens is 1. The van der Waals surface area contributed by atoms with E-state index < -0.39 is 0 Å². The van der Waals surface area contributed by atoms with Crippen molar-refractivity contribution in [2.24, 2.45) is 0 Å². The van der Waals surface area contributed by atoms with E-state index in [2.05, 4.69) is 25.6 Å². The fraction of sp³-hybridized carbons (Fsp3) is 0.125. The molecular formula is C24H21N5O3. The minimum atomic E-state index is -0.214. The maximum Gasteiger partial charge on any atom is 0.258 e.